The Balaban J connectivity index is 1.86. The zero-order valence-corrected chi connectivity index (χ0v) is 15.2. The van der Waals surface area contributed by atoms with E-state index in [2.05, 4.69) is 88.4 Å². The second-order valence-electron chi connectivity index (χ2n) is 7.70. The molecule has 25 heavy (non-hydrogen) atoms. The molecule has 126 valence electrons. The predicted octanol–water partition coefficient (Wildman–Crippen LogP) is 4.81. The third-order valence-corrected chi connectivity index (χ3v) is 5.55. The Bertz CT molecular complexity index is 900. The monoisotopic (exact) mass is 330 g/mol. The van der Waals surface area contributed by atoms with Gasteiger partial charge in [0.05, 0.1) is 11.2 Å². The molecular formula is C22H23BO2. The molecule has 3 aromatic rings. The van der Waals surface area contributed by atoms with Crippen LogP contribution in [0.4, 0.5) is 0 Å². The minimum Gasteiger partial charge on any atom is -0.399 e. The molecular weight excluding hydrogens is 307 g/mol. The smallest absolute Gasteiger partial charge is 0.399 e. The summed E-state index contributed by atoms with van der Waals surface area (Å²) in [7, 11) is -0.347. The van der Waals surface area contributed by atoms with Crippen molar-refractivity contribution < 1.29 is 9.31 Å². The van der Waals surface area contributed by atoms with Crippen LogP contribution in [0.1, 0.15) is 27.7 Å². The first-order chi connectivity index (χ1) is 11.9. The molecule has 0 unspecified atom stereocenters. The molecule has 1 saturated heterocycles. The SMILES string of the molecule is CC1(C)OB(c2ccc(-c3ccccc3)c3ccccc23)OC1(C)C. The van der Waals surface area contributed by atoms with Crippen molar-refractivity contribution >= 4 is 23.4 Å². The van der Waals surface area contributed by atoms with E-state index in [9.17, 15) is 0 Å². The molecule has 0 aliphatic carbocycles. The lowest BCUT2D eigenvalue weighted by molar-refractivity contribution is 0.00578. The highest BCUT2D eigenvalue weighted by molar-refractivity contribution is 6.65. The van der Waals surface area contributed by atoms with Crippen LogP contribution in [-0.2, 0) is 9.31 Å². The molecule has 0 atom stereocenters. The van der Waals surface area contributed by atoms with Gasteiger partial charge < -0.3 is 9.31 Å². The Morgan fingerprint density at radius 1 is 0.640 bits per heavy atom. The van der Waals surface area contributed by atoms with Gasteiger partial charge >= 0.3 is 7.12 Å². The average Bonchev–Trinajstić information content (AvgIpc) is 2.82. The first-order valence-electron chi connectivity index (χ1n) is 8.82. The fourth-order valence-corrected chi connectivity index (χ4v) is 3.37. The van der Waals surface area contributed by atoms with Gasteiger partial charge in [0.25, 0.3) is 0 Å². The molecule has 1 aliphatic heterocycles. The Labute approximate surface area is 149 Å². The largest absolute Gasteiger partial charge is 0.495 e. The number of benzene rings is 3. The molecule has 0 N–H and O–H groups in total. The standard InChI is InChI=1S/C22H23BO2/c1-21(2)22(3,4)25-23(24-21)20-15-14-17(16-10-6-5-7-11-16)18-12-8-9-13-19(18)20/h5-15H,1-4H3. The molecule has 4 rings (SSSR count). The van der Waals surface area contributed by atoms with Crippen LogP contribution in [0.25, 0.3) is 21.9 Å². The fraction of sp³-hybridized carbons (Fsp3) is 0.273. The summed E-state index contributed by atoms with van der Waals surface area (Å²) in [6.07, 6.45) is 0. The van der Waals surface area contributed by atoms with Crippen LogP contribution in [0, 0.1) is 0 Å². The van der Waals surface area contributed by atoms with Gasteiger partial charge in [-0.2, -0.15) is 0 Å². The van der Waals surface area contributed by atoms with Crippen LogP contribution < -0.4 is 5.46 Å². The van der Waals surface area contributed by atoms with Crippen LogP contribution >= 0.6 is 0 Å². The highest BCUT2D eigenvalue weighted by Crippen LogP contribution is 2.37. The summed E-state index contributed by atoms with van der Waals surface area (Å²) in [5.74, 6) is 0. The Kier molecular flexibility index (Phi) is 3.75. The lowest BCUT2D eigenvalue weighted by atomic mass is 9.75. The summed E-state index contributed by atoms with van der Waals surface area (Å²) < 4.78 is 12.6. The van der Waals surface area contributed by atoms with E-state index in [0.29, 0.717) is 0 Å². The first kappa shape index (κ1) is 16.4. The Morgan fingerprint density at radius 2 is 1.20 bits per heavy atom. The van der Waals surface area contributed by atoms with Crippen molar-refractivity contribution in [3.05, 3.63) is 66.7 Å². The summed E-state index contributed by atoms with van der Waals surface area (Å²) >= 11 is 0. The predicted molar refractivity (Wildman–Crippen MR) is 105 cm³/mol. The third kappa shape index (κ3) is 2.68. The quantitative estimate of drug-likeness (QED) is 0.628. The van der Waals surface area contributed by atoms with Crippen molar-refractivity contribution in [1.82, 2.24) is 0 Å². The molecule has 1 fully saturated rings. The van der Waals surface area contributed by atoms with Crippen LogP contribution in [0.2, 0.25) is 0 Å². The minimum atomic E-state index is -0.347. The van der Waals surface area contributed by atoms with E-state index in [1.807, 2.05) is 6.07 Å². The van der Waals surface area contributed by atoms with Crippen molar-refractivity contribution in [2.75, 3.05) is 0 Å². The van der Waals surface area contributed by atoms with Gasteiger partial charge in [0, 0.05) is 0 Å². The van der Waals surface area contributed by atoms with Crippen molar-refractivity contribution in [2.24, 2.45) is 0 Å². The molecule has 1 aliphatic rings. The van der Waals surface area contributed by atoms with Crippen molar-refractivity contribution in [2.45, 2.75) is 38.9 Å². The Hall–Kier alpha value is -2.10. The van der Waals surface area contributed by atoms with Gasteiger partial charge in [0.15, 0.2) is 0 Å². The number of hydrogen-bond acceptors (Lipinski definition) is 2. The van der Waals surface area contributed by atoms with E-state index < -0.39 is 0 Å². The van der Waals surface area contributed by atoms with E-state index in [4.69, 9.17) is 9.31 Å². The van der Waals surface area contributed by atoms with Crippen LogP contribution in [0.3, 0.4) is 0 Å². The highest BCUT2D eigenvalue weighted by Gasteiger charge is 2.52. The van der Waals surface area contributed by atoms with Gasteiger partial charge in [-0.15, -0.1) is 0 Å². The second kappa shape index (κ2) is 5.72. The average molecular weight is 330 g/mol. The molecule has 3 heteroatoms. The normalized spacial score (nSPS) is 18.6. The number of fused-ring (bicyclic) bond motifs is 1. The molecule has 0 saturated carbocycles. The van der Waals surface area contributed by atoms with Gasteiger partial charge in [0.1, 0.15) is 0 Å². The van der Waals surface area contributed by atoms with E-state index in [1.165, 1.54) is 21.9 Å². The van der Waals surface area contributed by atoms with E-state index in [0.717, 1.165) is 5.46 Å². The maximum Gasteiger partial charge on any atom is 0.495 e. The van der Waals surface area contributed by atoms with Gasteiger partial charge in [-0.25, -0.2) is 0 Å². The zero-order chi connectivity index (χ0) is 17.7. The van der Waals surface area contributed by atoms with E-state index >= 15 is 0 Å². The maximum atomic E-state index is 6.28. The summed E-state index contributed by atoms with van der Waals surface area (Å²) in [5.41, 5.74) is 2.87. The molecule has 0 aromatic heterocycles. The van der Waals surface area contributed by atoms with Gasteiger partial charge in [-0.1, -0.05) is 66.7 Å². The summed E-state index contributed by atoms with van der Waals surface area (Å²) in [5, 5.41) is 2.41. The molecule has 0 radical (unpaired) electrons. The molecule has 3 aromatic carbocycles. The number of rotatable bonds is 2. The fourth-order valence-electron chi connectivity index (χ4n) is 3.37. The summed E-state index contributed by atoms with van der Waals surface area (Å²) in [4.78, 5) is 0. The molecule has 0 spiro atoms. The van der Waals surface area contributed by atoms with Gasteiger partial charge in [0.2, 0.25) is 0 Å². The molecule has 0 bridgehead atoms. The third-order valence-electron chi connectivity index (χ3n) is 5.55. The minimum absolute atomic E-state index is 0.336. The first-order valence-corrected chi connectivity index (χ1v) is 8.82. The van der Waals surface area contributed by atoms with Crippen molar-refractivity contribution in [3.8, 4) is 11.1 Å². The Morgan fingerprint density at radius 3 is 1.84 bits per heavy atom. The highest BCUT2D eigenvalue weighted by atomic mass is 16.7. The van der Waals surface area contributed by atoms with Gasteiger partial charge in [-0.05, 0) is 55.1 Å². The van der Waals surface area contributed by atoms with E-state index in [1.54, 1.807) is 0 Å². The van der Waals surface area contributed by atoms with Crippen molar-refractivity contribution in [1.29, 1.82) is 0 Å². The van der Waals surface area contributed by atoms with Crippen LogP contribution in [0.15, 0.2) is 66.7 Å². The lowest BCUT2D eigenvalue weighted by Crippen LogP contribution is -2.41. The van der Waals surface area contributed by atoms with Crippen molar-refractivity contribution in [3.63, 3.8) is 0 Å². The second-order valence-corrected chi connectivity index (χ2v) is 7.70. The molecule has 2 nitrogen and oxygen atoms in total. The zero-order valence-electron chi connectivity index (χ0n) is 15.2. The van der Waals surface area contributed by atoms with Gasteiger partial charge in [-0.3, -0.25) is 0 Å². The van der Waals surface area contributed by atoms with E-state index in [-0.39, 0.29) is 18.3 Å². The number of hydrogen-bond donors (Lipinski definition) is 0. The lowest BCUT2D eigenvalue weighted by Gasteiger charge is -2.32. The summed E-state index contributed by atoms with van der Waals surface area (Å²) in [6, 6.07) is 23.3. The molecule has 1 heterocycles. The summed E-state index contributed by atoms with van der Waals surface area (Å²) in [6.45, 7) is 8.36. The molecule has 0 amide bonds. The topological polar surface area (TPSA) is 18.5 Å². The van der Waals surface area contributed by atoms with Crippen LogP contribution in [-0.4, -0.2) is 18.3 Å². The maximum absolute atomic E-state index is 6.28. The van der Waals surface area contributed by atoms with Crippen LogP contribution in [0.5, 0.6) is 0 Å².